The quantitative estimate of drug-likeness (QED) is 0.266. The molecule has 12 heteroatoms. The van der Waals surface area contributed by atoms with Crippen LogP contribution in [0.1, 0.15) is 34.8 Å². The van der Waals surface area contributed by atoms with Gasteiger partial charge in [-0.05, 0) is 61.9 Å². The van der Waals surface area contributed by atoms with Crippen LogP contribution in [0.15, 0.2) is 66.7 Å². The molecule has 3 aromatic rings. The van der Waals surface area contributed by atoms with Gasteiger partial charge in [-0.1, -0.05) is 18.2 Å². The summed E-state index contributed by atoms with van der Waals surface area (Å²) < 4.78 is 90.4. The topological polar surface area (TPSA) is 67.9 Å². The van der Waals surface area contributed by atoms with Crippen molar-refractivity contribution in [2.75, 3.05) is 23.4 Å². The molecule has 206 valence electrons. The minimum atomic E-state index is -5.10. The second-order valence-corrected chi connectivity index (χ2v) is 8.70. The van der Waals surface area contributed by atoms with Gasteiger partial charge >= 0.3 is 12.4 Å². The van der Waals surface area contributed by atoms with E-state index in [1.54, 1.807) is 19.1 Å². The summed E-state index contributed by atoms with van der Waals surface area (Å²) in [7, 11) is 0. The summed E-state index contributed by atoms with van der Waals surface area (Å²) in [5.41, 5.74) is -3.71. The Labute approximate surface area is 219 Å². The first kappa shape index (κ1) is 27.8. The summed E-state index contributed by atoms with van der Waals surface area (Å²) in [6.45, 7) is 2.10. The maximum atomic E-state index is 13.2. The van der Waals surface area contributed by atoms with E-state index in [9.17, 15) is 35.9 Å². The first-order valence-corrected chi connectivity index (χ1v) is 11.7. The molecule has 39 heavy (non-hydrogen) atoms. The lowest BCUT2D eigenvalue weighted by Crippen LogP contribution is -2.45. The van der Waals surface area contributed by atoms with Crippen molar-refractivity contribution < 1.29 is 45.4 Å². The summed E-state index contributed by atoms with van der Waals surface area (Å²) in [4.78, 5) is 27.0. The highest BCUT2D eigenvalue weighted by atomic mass is 19.4. The van der Waals surface area contributed by atoms with Crippen LogP contribution in [-0.4, -0.2) is 31.1 Å². The zero-order valence-corrected chi connectivity index (χ0v) is 20.4. The maximum Gasteiger partial charge on any atom is 0.416 e. The first-order chi connectivity index (χ1) is 18.3. The molecule has 4 rings (SSSR count). The number of nitrogens with one attached hydrogen (secondary N) is 1. The monoisotopic (exact) mass is 552 g/mol. The van der Waals surface area contributed by atoms with E-state index < -0.39 is 41.1 Å². The predicted molar refractivity (Wildman–Crippen MR) is 130 cm³/mol. The van der Waals surface area contributed by atoms with E-state index in [0.29, 0.717) is 36.7 Å². The largest absolute Gasteiger partial charge is 0.494 e. The fraction of sp³-hybridized carbons (Fsp3) is 0.259. The Morgan fingerprint density at radius 1 is 0.949 bits per heavy atom. The van der Waals surface area contributed by atoms with Gasteiger partial charge in [-0.2, -0.15) is 26.3 Å². The molecule has 6 nitrogen and oxygen atoms in total. The van der Waals surface area contributed by atoms with Gasteiger partial charge in [0.2, 0.25) is 0 Å². The molecule has 0 saturated heterocycles. The molecule has 0 aromatic heterocycles. The molecule has 2 amide bonds. The van der Waals surface area contributed by atoms with Gasteiger partial charge in [-0.15, -0.1) is 0 Å². The summed E-state index contributed by atoms with van der Waals surface area (Å²) in [5, 5.41) is 2.31. The van der Waals surface area contributed by atoms with Gasteiger partial charge < -0.3 is 19.7 Å². The minimum absolute atomic E-state index is 0.0428. The molecular formula is C27H22F6N2O4. The lowest BCUT2D eigenvalue weighted by Gasteiger charge is -2.33. The van der Waals surface area contributed by atoms with Crippen LogP contribution in [-0.2, 0) is 17.1 Å². The normalized spacial score (nSPS) is 15.4. The maximum absolute atomic E-state index is 13.2. The molecule has 1 aliphatic heterocycles. The number of benzene rings is 3. The molecule has 1 aliphatic rings. The Balaban J connectivity index is 1.54. The first-order valence-electron chi connectivity index (χ1n) is 11.7. The van der Waals surface area contributed by atoms with E-state index >= 15 is 0 Å². The van der Waals surface area contributed by atoms with Gasteiger partial charge in [0.15, 0.2) is 6.10 Å². The summed E-state index contributed by atoms with van der Waals surface area (Å²) in [6, 6.07) is 13.9. The van der Waals surface area contributed by atoms with Crippen LogP contribution in [0.4, 0.5) is 37.7 Å². The smallest absolute Gasteiger partial charge is 0.416 e. The number of hydrogen-bond acceptors (Lipinski definition) is 4. The highest BCUT2D eigenvalue weighted by Crippen LogP contribution is 2.38. The number of alkyl halides is 6. The SMILES string of the molecule is CC1Oc2ccc(NC(=O)c3cc(C(F)(F)F)cc(C(F)(F)F)c3)cc2N(CCCOc2ccccc2)C1=O. The Kier molecular flexibility index (Phi) is 7.75. The fourth-order valence-electron chi connectivity index (χ4n) is 3.93. The third kappa shape index (κ3) is 6.62. The summed E-state index contributed by atoms with van der Waals surface area (Å²) in [5.74, 6) is -0.570. The van der Waals surface area contributed by atoms with Crippen molar-refractivity contribution in [3.8, 4) is 11.5 Å². The molecule has 0 fully saturated rings. The van der Waals surface area contributed by atoms with Crippen molar-refractivity contribution in [2.24, 2.45) is 0 Å². The number of carbonyl (C=O) groups is 2. The van der Waals surface area contributed by atoms with Crippen LogP contribution in [0.25, 0.3) is 0 Å². The van der Waals surface area contributed by atoms with Gasteiger partial charge in [0, 0.05) is 17.8 Å². The number of rotatable bonds is 7. The number of fused-ring (bicyclic) bond motifs is 1. The minimum Gasteiger partial charge on any atom is -0.494 e. The number of para-hydroxylation sites is 1. The molecular weight excluding hydrogens is 530 g/mol. The van der Waals surface area contributed by atoms with Crippen LogP contribution in [0.2, 0.25) is 0 Å². The number of halogens is 6. The van der Waals surface area contributed by atoms with E-state index in [1.165, 1.54) is 23.1 Å². The van der Waals surface area contributed by atoms with Crippen molar-refractivity contribution in [3.63, 3.8) is 0 Å². The van der Waals surface area contributed by atoms with E-state index in [2.05, 4.69) is 5.32 Å². The number of hydrogen-bond donors (Lipinski definition) is 1. The molecule has 0 spiro atoms. The molecule has 0 aliphatic carbocycles. The summed E-state index contributed by atoms with van der Waals surface area (Å²) in [6.07, 6.45) is -10.5. The van der Waals surface area contributed by atoms with Gasteiger partial charge in [0.25, 0.3) is 11.8 Å². The Bertz CT molecular complexity index is 1330. The van der Waals surface area contributed by atoms with Crippen LogP contribution >= 0.6 is 0 Å². The fourth-order valence-corrected chi connectivity index (χ4v) is 3.93. The van der Waals surface area contributed by atoms with E-state index in [1.807, 2.05) is 18.2 Å². The van der Waals surface area contributed by atoms with Gasteiger partial charge in [-0.3, -0.25) is 9.59 Å². The Hall–Kier alpha value is -4.22. The van der Waals surface area contributed by atoms with E-state index in [0.717, 1.165) is 0 Å². The molecule has 1 heterocycles. The van der Waals surface area contributed by atoms with Crippen LogP contribution in [0.3, 0.4) is 0 Å². The van der Waals surface area contributed by atoms with E-state index in [4.69, 9.17) is 9.47 Å². The predicted octanol–water partition coefficient (Wildman–Crippen LogP) is 6.56. The van der Waals surface area contributed by atoms with Crippen LogP contribution in [0, 0.1) is 0 Å². The molecule has 1 unspecified atom stereocenters. The van der Waals surface area contributed by atoms with Crippen LogP contribution in [0.5, 0.6) is 11.5 Å². The Morgan fingerprint density at radius 3 is 2.21 bits per heavy atom. The summed E-state index contributed by atoms with van der Waals surface area (Å²) >= 11 is 0. The number of anilines is 2. The number of nitrogens with zero attached hydrogens (tertiary/aromatic N) is 1. The lowest BCUT2D eigenvalue weighted by molar-refractivity contribution is -0.143. The third-order valence-electron chi connectivity index (χ3n) is 5.81. The standard InChI is InChI=1S/C27H22F6N2O4/c1-16-25(37)35(10-5-11-38-21-6-3-2-4-7-21)22-15-20(8-9-23(22)39-16)34-24(36)17-12-18(26(28,29)30)14-19(13-17)27(31,32)33/h2-4,6-9,12-16H,5,10-11H2,1H3,(H,34,36). The van der Waals surface area contributed by atoms with Crippen molar-refractivity contribution >= 4 is 23.2 Å². The number of carbonyl (C=O) groups excluding carboxylic acids is 2. The molecule has 3 aromatic carbocycles. The van der Waals surface area contributed by atoms with Gasteiger partial charge in [0.1, 0.15) is 11.5 Å². The number of ether oxygens (including phenoxy) is 2. The van der Waals surface area contributed by atoms with Crippen molar-refractivity contribution in [2.45, 2.75) is 31.8 Å². The average molecular weight is 552 g/mol. The van der Waals surface area contributed by atoms with Crippen molar-refractivity contribution in [1.82, 2.24) is 0 Å². The van der Waals surface area contributed by atoms with Crippen LogP contribution < -0.4 is 19.7 Å². The molecule has 1 atom stereocenters. The van der Waals surface area contributed by atoms with E-state index in [-0.39, 0.29) is 29.9 Å². The van der Waals surface area contributed by atoms with Crippen molar-refractivity contribution in [1.29, 1.82) is 0 Å². The lowest BCUT2D eigenvalue weighted by atomic mass is 10.0. The molecule has 0 radical (unpaired) electrons. The Morgan fingerprint density at radius 2 is 1.59 bits per heavy atom. The highest BCUT2D eigenvalue weighted by molar-refractivity contribution is 6.06. The zero-order chi connectivity index (χ0) is 28.4. The zero-order valence-electron chi connectivity index (χ0n) is 20.4. The van der Waals surface area contributed by atoms with Gasteiger partial charge in [0.05, 0.1) is 23.4 Å². The number of amides is 2. The second-order valence-electron chi connectivity index (χ2n) is 8.70. The molecule has 0 bridgehead atoms. The molecule has 1 N–H and O–H groups in total. The third-order valence-corrected chi connectivity index (χ3v) is 5.81. The highest BCUT2D eigenvalue weighted by Gasteiger charge is 2.38. The second kappa shape index (κ2) is 10.9. The average Bonchev–Trinajstić information content (AvgIpc) is 2.88. The van der Waals surface area contributed by atoms with Gasteiger partial charge in [-0.25, -0.2) is 0 Å². The molecule has 0 saturated carbocycles. The van der Waals surface area contributed by atoms with Crippen molar-refractivity contribution in [3.05, 3.63) is 83.4 Å².